The molecule has 1 fully saturated rings. The number of halogens is 1. The molecule has 1 saturated heterocycles. The topological polar surface area (TPSA) is 69.6 Å². The number of nitrogens with zero attached hydrogens (tertiary/aromatic N) is 1. The molecule has 1 aliphatic rings. The molecule has 0 saturated carbocycles. The van der Waals surface area contributed by atoms with E-state index in [4.69, 9.17) is 5.11 Å². The molecule has 0 aliphatic carbocycles. The molecule has 1 aromatic carbocycles. The van der Waals surface area contributed by atoms with Crippen molar-refractivity contribution in [2.75, 3.05) is 19.6 Å². The van der Waals surface area contributed by atoms with Crippen LogP contribution in [0.3, 0.4) is 0 Å². The van der Waals surface area contributed by atoms with E-state index in [1.54, 1.807) is 0 Å². The van der Waals surface area contributed by atoms with E-state index in [0.717, 1.165) is 6.07 Å². The van der Waals surface area contributed by atoms with Gasteiger partial charge in [-0.05, 0) is 12.1 Å². The van der Waals surface area contributed by atoms with Gasteiger partial charge >= 0.3 is 0 Å². The first-order valence-corrected chi connectivity index (χ1v) is 5.62. The van der Waals surface area contributed by atoms with Crippen LogP contribution < -0.4 is 5.32 Å². The Kier molecular flexibility index (Phi) is 3.45. The summed E-state index contributed by atoms with van der Waals surface area (Å²) in [5.74, 6) is -1.57. The highest BCUT2D eigenvalue weighted by Crippen LogP contribution is 2.17. The van der Waals surface area contributed by atoms with Crippen molar-refractivity contribution in [2.24, 2.45) is 0 Å². The Morgan fingerprint density at radius 1 is 1.39 bits per heavy atom. The van der Waals surface area contributed by atoms with Crippen molar-refractivity contribution in [3.8, 4) is 5.75 Å². The molecule has 6 heteroatoms. The van der Waals surface area contributed by atoms with Gasteiger partial charge in [0.05, 0.1) is 5.56 Å². The number of hydrogen-bond donors (Lipinski definition) is 2. The first-order valence-electron chi connectivity index (χ1n) is 5.62. The second kappa shape index (κ2) is 5.03. The maximum atomic E-state index is 13.5. The van der Waals surface area contributed by atoms with Gasteiger partial charge in [-0.2, -0.15) is 0 Å². The van der Waals surface area contributed by atoms with Crippen LogP contribution in [-0.2, 0) is 4.79 Å². The summed E-state index contributed by atoms with van der Waals surface area (Å²) in [7, 11) is 0. The minimum atomic E-state index is -0.761. The zero-order chi connectivity index (χ0) is 13.1. The van der Waals surface area contributed by atoms with Gasteiger partial charge in [0.1, 0.15) is 11.6 Å². The van der Waals surface area contributed by atoms with E-state index in [1.165, 1.54) is 17.0 Å². The minimum Gasteiger partial charge on any atom is -0.508 e. The molecule has 0 bridgehead atoms. The number of carbonyl (C=O) groups is 2. The van der Waals surface area contributed by atoms with Gasteiger partial charge in [0.2, 0.25) is 5.91 Å². The molecule has 0 unspecified atom stereocenters. The lowest BCUT2D eigenvalue weighted by molar-refractivity contribution is -0.120. The molecule has 5 nitrogen and oxygen atoms in total. The average molecular weight is 252 g/mol. The highest BCUT2D eigenvalue weighted by atomic mass is 19.1. The lowest BCUT2D eigenvalue weighted by Crippen LogP contribution is -2.34. The Morgan fingerprint density at radius 3 is 2.89 bits per heavy atom. The number of nitrogens with one attached hydrogen (secondary N) is 1. The predicted molar refractivity (Wildman–Crippen MR) is 61.6 cm³/mol. The third-order valence-electron chi connectivity index (χ3n) is 2.78. The van der Waals surface area contributed by atoms with Crippen molar-refractivity contribution in [3.63, 3.8) is 0 Å². The largest absolute Gasteiger partial charge is 0.508 e. The molecule has 0 spiro atoms. The lowest BCUT2D eigenvalue weighted by atomic mass is 10.1. The Hall–Kier alpha value is -2.11. The standard InChI is InChI=1S/C12H13FN2O3/c13-10-7-8(16)1-2-9(10)12(18)15-5-3-11(17)14-4-6-15/h1-2,7,16H,3-6H2,(H,14,17). The third kappa shape index (κ3) is 2.58. The quantitative estimate of drug-likeness (QED) is 0.764. The summed E-state index contributed by atoms with van der Waals surface area (Å²) in [5.41, 5.74) is -0.0952. The molecule has 0 radical (unpaired) electrons. The molecule has 1 heterocycles. The maximum absolute atomic E-state index is 13.5. The zero-order valence-corrected chi connectivity index (χ0v) is 9.65. The van der Waals surface area contributed by atoms with Crippen LogP contribution in [0.5, 0.6) is 5.75 Å². The van der Waals surface area contributed by atoms with Gasteiger partial charge in [0, 0.05) is 32.1 Å². The van der Waals surface area contributed by atoms with Crippen LogP contribution in [0.25, 0.3) is 0 Å². The summed E-state index contributed by atoms with van der Waals surface area (Å²) < 4.78 is 13.5. The summed E-state index contributed by atoms with van der Waals surface area (Å²) in [5, 5.41) is 11.7. The average Bonchev–Trinajstić information content (AvgIpc) is 2.53. The number of phenols is 1. The number of amides is 2. The van der Waals surface area contributed by atoms with E-state index in [-0.39, 0.29) is 30.2 Å². The Balaban J connectivity index is 2.17. The van der Waals surface area contributed by atoms with Crippen molar-refractivity contribution < 1.29 is 19.1 Å². The van der Waals surface area contributed by atoms with Crippen LogP contribution in [0.15, 0.2) is 18.2 Å². The van der Waals surface area contributed by atoms with E-state index in [1.807, 2.05) is 0 Å². The molecule has 1 aliphatic heterocycles. The SMILES string of the molecule is O=C1CCN(C(=O)c2ccc(O)cc2F)CCN1. The summed E-state index contributed by atoms with van der Waals surface area (Å²) in [4.78, 5) is 24.6. The number of aromatic hydroxyl groups is 1. The normalized spacial score (nSPS) is 16.1. The minimum absolute atomic E-state index is 0.0952. The summed E-state index contributed by atoms with van der Waals surface area (Å²) >= 11 is 0. The fourth-order valence-corrected chi connectivity index (χ4v) is 1.82. The number of hydrogen-bond acceptors (Lipinski definition) is 3. The van der Waals surface area contributed by atoms with E-state index >= 15 is 0 Å². The van der Waals surface area contributed by atoms with Crippen LogP contribution in [0.4, 0.5) is 4.39 Å². The van der Waals surface area contributed by atoms with E-state index in [9.17, 15) is 14.0 Å². The maximum Gasteiger partial charge on any atom is 0.256 e. The second-order valence-electron chi connectivity index (χ2n) is 4.06. The highest BCUT2D eigenvalue weighted by molar-refractivity contribution is 5.95. The van der Waals surface area contributed by atoms with Gasteiger partial charge in [0.15, 0.2) is 0 Å². The van der Waals surface area contributed by atoms with Crippen LogP contribution in [0.1, 0.15) is 16.8 Å². The van der Waals surface area contributed by atoms with Crippen LogP contribution in [-0.4, -0.2) is 41.5 Å². The van der Waals surface area contributed by atoms with Gasteiger partial charge in [-0.1, -0.05) is 0 Å². The molecule has 2 rings (SSSR count). The van der Waals surface area contributed by atoms with Gasteiger partial charge in [-0.25, -0.2) is 4.39 Å². The van der Waals surface area contributed by atoms with Crippen molar-refractivity contribution in [1.29, 1.82) is 0 Å². The van der Waals surface area contributed by atoms with Gasteiger partial charge in [-0.15, -0.1) is 0 Å². The molecule has 0 atom stereocenters. The molecule has 1 aromatic rings. The highest BCUT2D eigenvalue weighted by Gasteiger charge is 2.22. The number of phenolic OH excluding ortho intramolecular Hbond substituents is 1. The van der Waals surface area contributed by atoms with Gasteiger partial charge in [-0.3, -0.25) is 9.59 Å². The Labute approximate surface area is 103 Å². The summed E-state index contributed by atoms with van der Waals surface area (Å²) in [6.45, 7) is 0.986. The fourth-order valence-electron chi connectivity index (χ4n) is 1.82. The van der Waals surface area contributed by atoms with E-state index in [0.29, 0.717) is 13.1 Å². The van der Waals surface area contributed by atoms with Crippen LogP contribution in [0, 0.1) is 5.82 Å². The second-order valence-corrected chi connectivity index (χ2v) is 4.06. The van der Waals surface area contributed by atoms with E-state index < -0.39 is 11.7 Å². The monoisotopic (exact) mass is 252 g/mol. The number of benzene rings is 1. The third-order valence-corrected chi connectivity index (χ3v) is 2.78. The Bertz CT molecular complexity index is 490. The molecular weight excluding hydrogens is 239 g/mol. The molecule has 18 heavy (non-hydrogen) atoms. The lowest BCUT2D eigenvalue weighted by Gasteiger charge is -2.19. The fraction of sp³-hybridized carbons (Fsp3) is 0.333. The molecule has 96 valence electrons. The first-order chi connectivity index (χ1) is 8.58. The molecule has 0 aromatic heterocycles. The van der Waals surface area contributed by atoms with Gasteiger partial charge < -0.3 is 15.3 Å². The van der Waals surface area contributed by atoms with E-state index in [2.05, 4.69) is 5.32 Å². The van der Waals surface area contributed by atoms with Crippen molar-refractivity contribution >= 4 is 11.8 Å². The zero-order valence-electron chi connectivity index (χ0n) is 9.65. The van der Waals surface area contributed by atoms with Crippen LogP contribution >= 0.6 is 0 Å². The van der Waals surface area contributed by atoms with Crippen LogP contribution in [0.2, 0.25) is 0 Å². The molecular formula is C12H13FN2O3. The summed E-state index contributed by atoms with van der Waals surface area (Å²) in [6.07, 6.45) is 0.214. The molecule has 2 N–H and O–H groups in total. The van der Waals surface area contributed by atoms with Crippen molar-refractivity contribution in [1.82, 2.24) is 10.2 Å². The predicted octanol–water partition coefficient (Wildman–Crippen LogP) is 0.493. The van der Waals surface area contributed by atoms with Crippen molar-refractivity contribution in [3.05, 3.63) is 29.6 Å². The number of rotatable bonds is 1. The molecule has 2 amide bonds. The smallest absolute Gasteiger partial charge is 0.256 e. The first kappa shape index (κ1) is 12.3. The summed E-state index contributed by atoms with van der Waals surface area (Å²) in [6, 6.07) is 3.40. The number of carbonyl (C=O) groups excluding carboxylic acids is 2. The van der Waals surface area contributed by atoms with Gasteiger partial charge in [0.25, 0.3) is 5.91 Å². The van der Waals surface area contributed by atoms with Crippen molar-refractivity contribution in [2.45, 2.75) is 6.42 Å². The Morgan fingerprint density at radius 2 is 2.17 bits per heavy atom.